The van der Waals surface area contributed by atoms with E-state index in [1.165, 1.54) is 18.5 Å². The zero-order valence-corrected chi connectivity index (χ0v) is 15.9. The van der Waals surface area contributed by atoms with Gasteiger partial charge in [-0.1, -0.05) is 29.8 Å². The van der Waals surface area contributed by atoms with E-state index in [0.29, 0.717) is 21.9 Å². The van der Waals surface area contributed by atoms with Crippen LogP contribution in [0.3, 0.4) is 0 Å². The number of nitrogens with zero attached hydrogens (tertiary/aromatic N) is 3. The smallest absolute Gasteiger partial charge is 0.137 e. The van der Waals surface area contributed by atoms with E-state index in [1.807, 2.05) is 6.07 Å². The van der Waals surface area contributed by atoms with Crippen LogP contribution in [-0.4, -0.2) is 39.6 Å². The van der Waals surface area contributed by atoms with E-state index in [1.54, 1.807) is 18.2 Å². The fraction of sp³-hybridized carbons (Fsp3) is 0.300. The highest BCUT2D eigenvalue weighted by molar-refractivity contribution is 6.31. The number of nitrogens with one attached hydrogen (secondary N) is 1. The Morgan fingerprint density at radius 1 is 1.21 bits per heavy atom. The Labute approximate surface area is 167 Å². The number of nitrogens with two attached hydrogens (primary N) is 1. The molecule has 1 aliphatic rings. The van der Waals surface area contributed by atoms with Crippen LogP contribution >= 0.6 is 11.6 Å². The minimum absolute atomic E-state index is 0.182. The number of hydrogen-bond acceptors (Lipinski definition) is 6. The van der Waals surface area contributed by atoms with Crippen LogP contribution in [0.1, 0.15) is 29.8 Å². The van der Waals surface area contributed by atoms with E-state index in [2.05, 4.69) is 20.2 Å². The lowest BCUT2D eigenvalue weighted by molar-refractivity contribution is 0.174. The van der Waals surface area contributed by atoms with Crippen molar-refractivity contribution in [3.63, 3.8) is 0 Å². The first-order valence-corrected chi connectivity index (χ1v) is 9.52. The predicted octanol–water partition coefficient (Wildman–Crippen LogP) is 3.23. The molecule has 1 aliphatic heterocycles. The number of aliphatic hydroxyl groups excluding tert-OH is 1. The maximum Gasteiger partial charge on any atom is 0.137 e. The standard InChI is InChI=1S/C20H21ClFN5O/c21-16-9-12(22)5-6-13(16)17(10-27-7-2-8-27)26-20-15-4-1-3-14(19(23)28)18(15)24-11-25-20/h1,3-6,9,11,17,19,28H,2,7-8,10,23H2,(H,24,25,26). The fourth-order valence-corrected chi connectivity index (χ4v) is 3.76. The summed E-state index contributed by atoms with van der Waals surface area (Å²) in [5.41, 5.74) is 7.58. The number of fused-ring (bicyclic) bond motifs is 1. The molecule has 28 heavy (non-hydrogen) atoms. The van der Waals surface area contributed by atoms with E-state index in [9.17, 15) is 9.50 Å². The third-order valence-corrected chi connectivity index (χ3v) is 5.38. The molecule has 0 radical (unpaired) electrons. The second-order valence-electron chi connectivity index (χ2n) is 6.93. The lowest BCUT2D eigenvalue weighted by Gasteiger charge is -2.35. The summed E-state index contributed by atoms with van der Waals surface area (Å²) in [4.78, 5) is 11.0. The molecule has 146 valence electrons. The summed E-state index contributed by atoms with van der Waals surface area (Å²) in [7, 11) is 0. The Morgan fingerprint density at radius 2 is 2.04 bits per heavy atom. The van der Waals surface area contributed by atoms with Gasteiger partial charge in [-0.05, 0) is 43.3 Å². The van der Waals surface area contributed by atoms with Crippen molar-refractivity contribution in [3.05, 3.63) is 64.7 Å². The Kier molecular flexibility index (Phi) is 5.41. The van der Waals surface area contributed by atoms with Gasteiger partial charge in [0.05, 0.1) is 11.6 Å². The Hall–Kier alpha value is -2.32. The zero-order chi connectivity index (χ0) is 19.7. The third kappa shape index (κ3) is 3.79. The summed E-state index contributed by atoms with van der Waals surface area (Å²) in [5, 5.41) is 14.4. The van der Waals surface area contributed by atoms with Crippen molar-refractivity contribution < 1.29 is 9.50 Å². The second-order valence-corrected chi connectivity index (χ2v) is 7.33. The zero-order valence-electron chi connectivity index (χ0n) is 15.1. The topological polar surface area (TPSA) is 87.3 Å². The molecular weight excluding hydrogens is 381 g/mol. The van der Waals surface area contributed by atoms with Gasteiger partial charge in [0.25, 0.3) is 0 Å². The van der Waals surface area contributed by atoms with Crippen molar-refractivity contribution in [3.8, 4) is 0 Å². The van der Waals surface area contributed by atoms with Gasteiger partial charge in [-0.2, -0.15) is 0 Å². The molecule has 2 heterocycles. The summed E-state index contributed by atoms with van der Waals surface area (Å²) in [6, 6.07) is 9.66. The van der Waals surface area contributed by atoms with Crippen LogP contribution < -0.4 is 11.1 Å². The van der Waals surface area contributed by atoms with E-state index in [0.717, 1.165) is 37.0 Å². The number of hydrogen-bond donors (Lipinski definition) is 3. The van der Waals surface area contributed by atoms with Gasteiger partial charge < -0.3 is 21.1 Å². The predicted molar refractivity (Wildman–Crippen MR) is 108 cm³/mol. The van der Waals surface area contributed by atoms with Gasteiger partial charge in [0.15, 0.2) is 0 Å². The molecular formula is C20H21ClFN5O. The first-order valence-electron chi connectivity index (χ1n) is 9.14. The van der Waals surface area contributed by atoms with E-state index >= 15 is 0 Å². The molecule has 2 aromatic carbocycles. The van der Waals surface area contributed by atoms with Crippen molar-refractivity contribution in [2.24, 2.45) is 5.73 Å². The Morgan fingerprint density at radius 3 is 2.71 bits per heavy atom. The number of likely N-dealkylation sites (tertiary alicyclic amines) is 1. The number of aromatic nitrogens is 2. The molecule has 8 heteroatoms. The monoisotopic (exact) mass is 401 g/mol. The number of aliphatic hydroxyl groups is 1. The average Bonchev–Trinajstić information content (AvgIpc) is 2.63. The summed E-state index contributed by atoms with van der Waals surface area (Å²) in [6.07, 6.45) is 1.47. The molecule has 1 aromatic heterocycles. The van der Waals surface area contributed by atoms with Crippen LogP contribution in [-0.2, 0) is 0 Å². The van der Waals surface area contributed by atoms with Gasteiger partial charge >= 0.3 is 0 Å². The highest BCUT2D eigenvalue weighted by Crippen LogP contribution is 2.31. The first-order chi connectivity index (χ1) is 13.5. The summed E-state index contributed by atoms with van der Waals surface area (Å²) in [5.74, 6) is 0.240. The van der Waals surface area contributed by atoms with Crippen LogP contribution in [0.25, 0.3) is 10.9 Å². The number of anilines is 1. The molecule has 4 rings (SSSR count). The summed E-state index contributed by atoms with van der Waals surface area (Å²) < 4.78 is 13.5. The van der Waals surface area contributed by atoms with Crippen LogP contribution in [0.15, 0.2) is 42.7 Å². The minimum atomic E-state index is -1.13. The van der Waals surface area contributed by atoms with Crippen molar-refractivity contribution in [1.82, 2.24) is 14.9 Å². The maximum absolute atomic E-state index is 13.5. The molecule has 0 saturated carbocycles. The highest BCUT2D eigenvalue weighted by atomic mass is 35.5. The van der Waals surface area contributed by atoms with Crippen molar-refractivity contribution in [2.45, 2.75) is 18.7 Å². The van der Waals surface area contributed by atoms with E-state index < -0.39 is 6.23 Å². The normalized spacial score (nSPS) is 16.6. The third-order valence-electron chi connectivity index (χ3n) is 5.05. The van der Waals surface area contributed by atoms with Gasteiger partial charge in [0, 0.05) is 22.5 Å². The van der Waals surface area contributed by atoms with Gasteiger partial charge in [-0.25, -0.2) is 14.4 Å². The molecule has 0 aliphatic carbocycles. The number of halogens is 2. The first kappa shape index (κ1) is 19.0. The van der Waals surface area contributed by atoms with Gasteiger partial charge in [0.2, 0.25) is 0 Å². The second kappa shape index (κ2) is 7.97. The fourth-order valence-electron chi connectivity index (χ4n) is 3.46. The summed E-state index contributed by atoms with van der Waals surface area (Å²) in [6.45, 7) is 2.76. The highest BCUT2D eigenvalue weighted by Gasteiger charge is 2.23. The lowest BCUT2D eigenvalue weighted by atomic mass is 10.0. The molecule has 0 bridgehead atoms. The van der Waals surface area contributed by atoms with Gasteiger partial charge in [-0.15, -0.1) is 0 Å². The van der Waals surface area contributed by atoms with Crippen molar-refractivity contribution in [2.75, 3.05) is 25.0 Å². The van der Waals surface area contributed by atoms with Gasteiger partial charge in [-0.3, -0.25) is 0 Å². The molecule has 4 N–H and O–H groups in total. The van der Waals surface area contributed by atoms with Crippen molar-refractivity contribution in [1.29, 1.82) is 0 Å². The lowest BCUT2D eigenvalue weighted by Crippen LogP contribution is -2.41. The Balaban J connectivity index is 1.73. The molecule has 0 spiro atoms. The number of rotatable bonds is 6. The molecule has 1 saturated heterocycles. The van der Waals surface area contributed by atoms with Crippen LogP contribution in [0.2, 0.25) is 5.02 Å². The van der Waals surface area contributed by atoms with Gasteiger partial charge in [0.1, 0.15) is 24.2 Å². The van der Waals surface area contributed by atoms with E-state index in [4.69, 9.17) is 17.3 Å². The largest absolute Gasteiger partial charge is 0.374 e. The molecule has 0 amide bonds. The summed E-state index contributed by atoms with van der Waals surface area (Å²) >= 11 is 6.34. The van der Waals surface area contributed by atoms with Crippen LogP contribution in [0, 0.1) is 5.82 Å². The number of benzene rings is 2. The SMILES string of the molecule is NC(O)c1cccc2c(NC(CN3CCC3)c3ccc(F)cc3Cl)ncnc12. The molecule has 6 nitrogen and oxygen atoms in total. The number of para-hydroxylation sites is 1. The molecule has 2 unspecified atom stereocenters. The van der Waals surface area contributed by atoms with E-state index in [-0.39, 0.29) is 11.9 Å². The van der Waals surface area contributed by atoms with Crippen molar-refractivity contribution >= 4 is 28.3 Å². The quantitative estimate of drug-likeness (QED) is 0.550. The average molecular weight is 402 g/mol. The molecule has 2 atom stereocenters. The Bertz CT molecular complexity index is 995. The molecule has 3 aromatic rings. The van der Waals surface area contributed by atoms with Crippen LogP contribution in [0.4, 0.5) is 10.2 Å². The molecule has 1 fully saturated rings. The minimum Gasteiger partial charge on any atom is -0.374 e. The maximum atomic E-state index is 13.5. The van der Waals surface area contributed by atoms with Crippen LogP contribution in [0.5, 0.6) is 0 Å².